The summed E-state index contributed by atoms with van der Waals surface area (Å²) in [4.78, 5) is 39.5. The zero-order chi connectivity index (χ0) is 19.8. The number of carbonyl (C=O) groups is 3. The number of aromatic nitrogens is 2. The normalized spacial score (nSPS) is 11.8. The predicted octanol–water partition coefficient (Wildman–Crippen LogP) is 1.26. The molecule has 2 aromatic rings. The molecule has 0 radical (unpaired) electrons. The van der Waals surface area contributed by atoms with Gasteiger partial charge >= 0.3 is 12.0 Å². The first-order chi connectivity index (χ1) is 12.9. The summed E-state index contributed by atoms with van der Waals surface area (Å²) in [6, 6.07) is 4.91. The van der Waals surface area contributed by atoms with E-state index in [1.165, 1.54) is 37.3 Å². The molecule has 27 heavy (non-hydrogen) atoms. The maximum Gasteiger partial charge on any atom is 0.328 e. The van der Waals surface area contributed by atoms with Crippen molar-refractivity contribution in [3.63, 3.8) is 0 Å². The lowest BCUT2D eigenvalue weighted by molar-refractivity contribution is -0.142. The zero-order valence-electron chi connectivity index (χ0n) is 14.7. The van der Waals surface area contributed by atoms with Gasteiger partial charge in [-0.1, -0.05) is 17.3 Å². The van der Waals surface area contributed by atoms with Crippen LogP contribution in [0, 0.1) is 0 Å². The number of ether oxygens (including phenoxy) is 1. The van der Waals surface area contributed by atoms with E-state index in [2.05, 4.69) is 20.8 Å². The fraction of sp³-hybridized carbons (Fsp3) is 0.235. The Kier molecular flexibility index (Phi) is 6.64. The molecule has 1 heterocycles. The molecule has 142 valence electrons. The second-order valence-electron chi connectivity index (χ2n) is 5.54. The Morgan fingerprint density at radius 1 is 1.33 bits per heavy atom. The zero-order valence-corrected chi connectivity index (χ0v) is 14.7. The van der Waals surface area contributed by atoms with Gasteiger partial charge in [0.1, 0.15) is 12.4 Å². The van der Waals surface area contributed by atoms with Crippen LogP contribution in [0.3, 0.4) is 0 Å². The molecule has 3 N–H and O–H groups in total. The van der Waals surface area contributed by atoms with E-state index in [0.29, 0.717) is 16.9 Å². The first kappa shape index (κ1) is 19.6. The van der Waals surface area contributed by atoms with Crippen LogP contribution in [0.5, 0.6) is 0 Å². The molecule has 0 fully saturated rings. The van der Waals surface area contributed by atoms with Crippen LogP contribution in [-0.2, 0) is 16.0 Å². The molecule has 1 aromatic carbocycles. The van der Waals surface area contributed by atoms with Gasteiger partial charge in [0.2, 0.25) is 5.91 Å². The van der Waals surface area contributed by atoms with E-state index in [1.54, 1.807) is 24.3 Å². The van der Waals surface area contributed by atoms with Gasteiger partial charge in [-0.25, -0.2) is 14.6 Å². The standard InChI is InChI=1S/C17H19N5O5/c1-11(23)22-9-14(18-10-22)7-15(16(24)27-2)21-17(25)20-13-5-3-12(4-6-13)8-19-26/h3-6,8-10,15,26H,7H2,1-2H3,(H2,20,21,25). The van der Waals surface area contributed by atoms with Gasteiger partial charge in [0.25, 0.3) is 0 Å². The van der Waals surface area contributed by atoms with Crippen molar-refractivity contribution in [1.29, 1.82) is 0 Å². The molecule has 2 rings (SSSR count). The lowest BCUT2D eigenvalue weighted by atomic mass is 10.1. The Balaban J connectivity index is 2.02. The number of urea groups is 1. The third kappa shape index (κ3) is 5.66. The minimum absolute atomic E-state index is 0.0618. The van der Waals surface area contributed by atoms with Gasteiger partial charge in [-0.2, -0.15) is 0 Å². The molecule has 2 amide bonds. The fourth-order valence-electron chi connectivity index (χ4n) is 2.23. The monoisotopic (exact) mass is 373 g/mol. The third-order valence-electron chi connectivity index (χ3n) is 3.58. The summed E-state index contributed by atoms with van der Waals surface area (Å²) in [5, 5.41) is 16.5. The van der Waals surface area contributed by atoms with Crippen LogP contribution in [0.4, 0.5) is 10.5 Å². The van der Waals surface area contributed by atoms with Crippen molar-refractivity contribution >= 4 is 29.8 Å². The third-order valence-corrected chi connectivity index (χ3v) is 3.58. The summed E-state index contributed by atoms with van der Waals surface area (Å²) < 4.78 is 5.99. The summed E-state index contributed by atoms with van der Waals surface area (Å²) in [7, 11) is 1.21. The van der Waals surface area contributed by atoms with E-state index in [1.807, 2.05) is 0 Å². The highest BCUT2D eigenvalue weighted by Gasteiger charge is 2.23. The number of hydrogen-bond acceptors (Lipinski definition) is 7. The van der Waals surface area contributed by atoms with Crippen molar-refractivity contribution in [2.75, 3.05) is 12.4 Å². The van der Waals surface area contributed by atoms with Gasteiger partial charge in [0.05, 0.1) is 19.0 Å². The largest absolute Gasteiger partial charge is 0.467 e. The van der Waals surface area contributed by atoms with E-state index in [4.69, 9.17) is 9.94 Å². The number of nitrogens with zero attached hydrogens (tertiary/aromatic N) is 3. The second kappa shape index (κ2) is 9.13. The van der Waals surface area contributed by atoms with E-state index in [-0.39, 0.29) is 12.3 Å². The van der Waals surface area contributed by atoms with Crippen molar-refractivity contribution in [1.82, 2.24) is 14.9 Å². The Morgan fingerprint density at radius 2 is 2.04 bits per heavy atom. The number of nitrogens with one attached hydrogen (secondary N) is 2. The molecule has 10 nitrogen and oxygen atoms in total. The van der Waals surface area contributed by atoms with Crippen molar-refractivity contribution in [2.24, 2.45) is 5.16 Å². The number of anilines is 1. The van der Waals surface area contributed by atoms with Crippen LogP contribution in [0.1, 0.15) is 23.0 Å². The molecule has 1 atom stereocenters. The topological polar surface area (TPSA) is 135 Å². The molecule has 1 unspecified atom stereocenters. The lowest BCUT2D eigenvalue weighted by Gasteiger charge is -2.16. The molecular formula is C17H19N5O5. The number of methoxy groups -OCH3 is 1. The van der Waals surface area contributed by atoms with Gasteiger partial charge in [-0.3, -0.25) is 9.36 Å². The first-order valence-corrected chi connectivity index (χ1v) is 7.89. The molecule has 0 aliphatic heterocycles. The average molecular weight is 373 g/mol. The number of hydrogen-bond donors (Lipinski definition) is 3. The van der Waals surface area contributed by atoms with E-state index >= 15 is 0 Å². The Labute approximate surface area is 154 Å². The number of amides is 2. The number of oxime groups is 1. The molecule has 10 heteroatoms. The molecule has 0 saturated heterocycles. The van der Waals surface area contributed by atoms with Crippen LogP contribution >= 0.6 is 0 Å². The van der Waals surface area contributed by atoms with E-state index in [9.17, 15) is 14.4 Å². The second-order valence-corrected chi connectivity index (χ2v) is 5.54. The molecule has 0 aliphatic carbocycles. The maximum absolute atomic E-state index is 12.2. The number of rotatable bonds is 6. The van der Waals surface area contributed by atoms with Gasteiger partial charge in [-0.05, 0) is 17.7 Å². The van der Waals surface area contributed by atoms with Crippen LogP contribution in [-0.4, -0.2) is 52.0 Å². The summed E-state index contributed by atoms with van der Waals surface area (Å²) in [5.74, 6) is -0.860. The fourth-order valence-corrected chi connectivity index (χ4v) is 2.23. The van der Waals surface area contributed by atoms with Gasteiger partial charge in [0.15, 0.2) is 0 Å². The van der Waals surface area contributed by atoms with Crippen molar-refractivity contribution < 1.29 is 24.3 Å². The van der Waals surface area contributed by atoms with Crippen molar-refractivity contribution in [2.45, 2.75) is 19.4 Å². The van der Waals surface area contributed by atoms with Crippen LogP contribution in [0.2, 0.25) is 0 Å². The van der Waals surface area contributed by atoms with Crippen LogP contribution in [0.15, 0.2) is 41.9 Å². The lowest BCUT2D eigenvalue weighted by Crippen LogP contribution is -2.45. The Bertz CT molecular complexity index is 844. The van der Waals surface area contributed by atoms with Gasteiger partial charge in [0, 0.05) is 25.2 Å². The summed E-state index contributed by atoms with van der Waals surface area (Å²) in [5.41, 5.74) is 1.58. The smallest absolute Gasteiger partial charge is 0.328 e. The van der Waals surface area contributed by atoms with Crippen molar-refractivity contribution in [3.05, 3.63) is 48.0 Å². The highest BCUT2D eigenvalue weighted by molar-refractivity contribution is 5.93. The minimum atomic E-state index is -0.980. The van der Waals surface area contributed by atoms with Crippen LogP contribution in [0.25, 0.3) is 0 Å². The SMILES string of the molecule is COC(=O)C(Cc1cn(C(C)=O)cn1)NC(=O)Nc1ccc(C=NO)cc1. The number of imidazole rings is 1. The molecule has 0 bridgehead atoms. The molecule has 0 saturated carbocycles. The number of carbonyl (C=O) groups excluding carboxylic acids is 3. The summed E-state index contributed by atoms with van der Waals surface area (Å²) in [6.07, 6.45) is 4.13. The maximum atomic E-state index is 12.2. The minimum Gasteiger partial charge on any atom is -0.467 e. The highest BCUT2D eigenvalue weighted by atomic mass is 16.5. The molecule has 0 spiro atoms. The first-order valence-electron chi connectivity index (χ1n) is 7.89. The van der Waals surface area contributed by atoms with Gasteiger partial charge in [-0.15, -0.1) is 0 Å². The predicted molar refractivity (Wildman–Crippen MR) is 96.0 cm³/mol. The molecular weight excluding hydrogens is 354 g/mol. The molecule has 0 aliphatic rings. The summed E-state index contributed by atoms with van der Waals surface area (Å²) in [6.45, 7) is 1.38. The Morgan fingerprint density at radius 3 is 2.59 bits per heavy atom. The Hall–Kier alpha value is -3.69. The van der Waals surface area contributed by atoms with E-state index < -0.39 is 18.0 Å². The van der Waals surface area contributed by atoms with Gasteiger partial charge < -0.3 is 20.6 Å². The number of esters is 1. The van der Waals surface area contributed by atoms with E-state index in [0.717, 1.165) is 0 Å². The average Bonchev–Trinajstić information content (AvgIpc) is 3.11. The highest BCUT2D eigenvalue weighted by Crippen LogP contribution is 2.09. The quantitative estimate of drug-likeness (QED) is 0.302. The summed E-state index contributed by atoms with van der Waals surface area (Å²) >= 11 is 0. The molecule has 1 aromatic heterocycles. The van der Waals surface area contributed by atoms with Crippen LogP contribution < -0.4 is 10.6 Å². The number of benzene rings is 1. The van der Waals surface area contributed by atoms with Crippen molar-refractivity contribution in [3.8, 4) is 0 Å².